The number of ether oxygens (including phenoxy) is 1. The zero-order chi connectivity index (χ0) is 37.1. The Morgan fingerprint density at radius 2 is 1.57 bits per heavy atom. The summed E-state index contributed by atoms with van der Waals surface area (Å²) in [7, 11) is 0. The molecule has 2 rings (SSSR count). The first-order chi connectivity index (χ1) is 22.8. The van der Waals surface area contributed by atoms with Crippen LogP contribution in [0.5, 0.6) is 0 Å². The third kappa shape index (κ3) is 12.9. The number of amides is 5. The maximum absolute atomic E-state index is 13.4. The standard InChI is InChI=1S/C32H47N9O8/c1-16(2)12-23(30(47)40-41-34)38-31(48)26(18(4)42)39-27(44)17(3)36-29(46)24(14-25(43)49-32(5,6)7)37-28(45)21(33)13-19-15-35-22-11-9-8-10-20(19)22/h8-11,15-18,21,23-24,26,35,42H,12-14,33H2,1-7H3,(H,36,46)(H,37,45)(H,38,48)(H,39,44)/t17-,18+,21+,23-,24+,26+/m0/s1. The first kappa shape index (κ1) is 40.2. The first-order valence-electron chi connectivity index (χ1n) is 15.8. The van der Waals surface area contributed by atoms with E-state index < -0.39 is 83.8 Å². The molecule has 2 aromatic rings. The molecule has 0 aliphatic rings. The van der Waals surface area contributed by atoms with Crippen molar-refractivity contribution in [3.63, 3.8) is 0 Å². The third-order valence-electron chi connectivity index (χ3n) is 7.15. The lowest BCUT2D eigenvalue weighted by Crippen LogP contribution is -2.60. The summed E-state index contributed by atoms with van der Waals surface area (Å²) in [5.74, 6) is -5.33. The number of nitrogens with two attached hydrogens (primary N) is 1. The quantitative estimate of drug-likeness (QED) is 0.0574. The molecule has 0 aliphatic carbocycles. The number of aliphatic hydroxyl groups excluding tert-OH is 1. The maximum atomic E-state index is 13.4. The molecular formula is C32H47N9O8. The number of fused-ring (bicyclic) bond motifs is 1. The van der Waals surface area contributed by atoms with E-state index in [1.54, 1.807) is 40.8 Å². The Kier molecular flexibility index (Phi) is 14.7. The Morgan fingerprint density at radius 3 is 2.16 bits per heavy atom. The molecular weight excluding hydrogens is 638 g/mol. The third-order valence-corrected chi connectivity index (χ3v) is 7.15. The van der Waals surface area contributed by atoms with Gasteiger partial charge in [-0.3, -0.25) is 28.8 Å². The molecule has 0 saturated heterocycles. The Morgan fingerprint density at radius 1 is 0.939 bits per heavy atom. The summed E-state index contributed by atoms with van der Waals surface area (Å²) in [6, 6.07) is 0.723. The van der Waals surface area contributed by atoms with E-state index in [1.165, 1.54) is 13.8 Å². The average molecular weight is 686 g/mol. The molecule has 0 radical (unpaired) electrons. The van der Waals surface area contributed by atoms with E-state index in [2.05, 4.69) is 36.3 Å². The second-order valence-corrected chi connectivity index (χ2v) is 13.2. The molecule has 17 heteroatoms. The van der Waals surface area contributed by atoms with Gasteiger partial charge in [0.15, 0.2) is 0 Å². The molecule has 0 saturated carbocycles. The number of azide groups is 1. The van der Waals surface area contributed by atoms with Gasteiger partial charge >= 0.3 is 5.97 Å². The number of carbonyl (C=O) groups is 6. The number of nitrogens with zero attached hydrogens (tertiary/aromatic N) is 3. The number of esters is 1. The number of H-pyrrole nitrogens is 1. The Labute approximate surface area is 284 Å². The Hall–Kier alpha value is -4.99. The molecule has 1 aromatic carbocycles. The number of aromatic amines is 1. The van der Waals surface area contributed by atoms with Gasteiger partial charge in [0.2, 0.25) is 29.5 Å². The summed E-state index contributed by atoms with van der Waals surface area (Å²) < 4.78 is 5.33. The van der Waals surface area contributed by atoms with Gasteiger partial charge in [0, 0.05) is 22.0 Å². The van der Waals surface area contributed by atoms with Gasteiger partial charge in [-0.2, -0.15) is 0 Å². The molecule has 0 fully saturated rings. The number of aromatic nitrogens is 1. The van der Waals surface area contributed by atoms with E-state index in [1.807, 2.05) is 24.3 Å². The summed E-state index contributed by atoms with van der Waals surface area (Å²) >= 11 is 0. The fourth-order valence-corrected chi connectivity index (χ4v) is 4.80. The number of carbonyl (C=O) groups excluding carboxylic acids is 6. The molecule has 6 atom stereocenters. The van der Waals surface area contributed by atoms with E-state index in [4.69, 9.17) is 16.0 Å². The van der Waals surface area contributed by atoms with Crippen molar-refractivity contribution in [2.24, 2.45) is 16.8 Å². The van der Waals surface area contributed by atoms with Crippen LogP contribution in [0.1, 0.15) is 66.9 Å². The average Bonchev–Trinajstić information content (AvgIpc) is 3.40. The molecule has 1 aromatic heterocycles. The summed E-state index contributed by atoms with van der Waals surface area (Å²) in [6.07, 6.45) is -0.0685. The Balaban J connectivity index is 2.17. The van der Waals surface area contributed by atoms with E-state index in [0.717, 1.165) is 16.5 Å². The van der Waals surface area contributed by atoms with Crippen molar-refractivity contribution in [3.05, 3.63) is 46.5 Å². The van der Waals surface area contributed by atoms with Gasteiger partial charge in [-0.25, -0.2) is 0 Å². The fourth-order valence-electron chi connectivity index (χ4n) is 4.80. The van der Waals surface area contributed by atoms with Crippen LogP contribution in [-0.2, 0) is 39.9 Å². The molecule has 49 heavy (non-hydrogen) atoms. The van der Waals surface area contributed by atoms with E-state index in [9.17, 15) is 33.9 Å². The van der Waals surface area contributed by atoms with Crippen molar-refractivity contribution in [1.29, 1.82) is 0 Å². The van der Waals surface area contributed by atoms with Gasteiger partial charge in [0.25, 0.3) is 0 Å². The van der Waals surface area contributed by atoms with Crippen LogP contribution in [0.15, 0.2) is 35.6 Å². The summed E-state index contributed by atoms with van der Waals surface area (Å²) in [6.45, 7) is 11.0. The minimum Gasteiger partial charge on any atom is -0.460 e. The topological polar surface area (TPSA) is 271 Å². The monoisotopic (exact) mass is 685 g/mol. The van der Waals surface area contributed by atoms with E-state index in [0.29, 0.717) is 0 Å². The molecule has 5 amide bonds. The predicted octanol–water partition coefficient (Wildman–Crippen LogP) is 0.992. The maximum Gasteiger partial charge on any atom is 0.308 e. The van der Waals surface area contributed by atoms with Gasteiger partial charge in [0.05, 0.1) is 24.6 Å². The van der Waals surface area contributed by atoms with E-state index in [-0.39, 0.29) is 18.8 Å². The molecule has 17 nitrogen and oxygen atoms in total. The van der Waals surface area contributed by atoms with Crippen LogP contribution in [0, 0.1) is 5.92 Å². The van der Waals surface area contributed by atoms with Crippen LogP contribution in [0.3, 0.4) is 0 Å². The number of para-hydroxylation sites is 1. The largest absolute Gasteiger partial charge is 0.460 e. The van der Waals surface area contributed by atoms with Crippen LogP contribution in [0.4, 0.5) is 0 Å². The predicted molar refractivity (Wildman–Crippen MR) is 179 cm³/mol. The highest BCUT2D eigenvalue weighted by Gasteiger charge is 2.34. The van der Waals surface area contributed by atoms with Crippen LogP contribution in [-0.4, -0.2) is 87.5 Å². The summed E-state index contributed by atoms with van der Waals surface area (Å²) in [5, 5.41) is 23.8. The minimum atomic E-state index is -1.57. The second-order valence-electron chi connectivity index (χ2n) is 13.2. The highest BCUT2D eigenvalue weighted by Crippen LogP contribution is 2.19. The Bertz CT molecular complexity index is 1560. The van der Waals surface area contributed by atoms with Crippen LogP contribution in [0.25, 0.3) is 21.3 Å². The van der Waals surface area contributed by atoms with Gasteiger partial charge in [-0.15, -0.1) is 0 Å². The van der Waals surface area contributed by atoms with Crippen molar-refractivity contribution in [2.45, 2.75) is 110 Å². The van der Waals surface area contributed by atoms with E-state index >= 15 is 0 Å². The van der Waals surface area contributed by atoms with Crippen molar-refractivity contribution < 1.29 is 38.6 Å². The zero-order valence-corrected chi connectivity index (χ0v) is 28.8. The zero-order valence-electron chi connectivity index (χ0n) is 28.8. The second kappa shape index (κ2) is 18.0. The number of rotatable bonds is 16. The highest BCUT2D eigenvalue weighted by molar-refractivity contribution is 5.97. The van der Waals surface area contributed by atoms with Crippen molar-refractivity contribution in [2.75, 3.05) is 0 Å². The summed E-state index contributed by atoms with van der Waals surface area (Å²) in [4.78, 5) is 83.1. The van der Waals surface area contributed by atoms with Gasteiger partial charge in [-0.1, -0.05) is 32.0 Å². The SMILES string of the molecule is CC(C)C[C@H](NC(=O)[C@H](NC(=O)[C@H](C)NC(=O)[C@@H](CC(=O)OC(C)(C)C)NC(=O)[C@H](N)Cc1c[nH]c2ccccc12)[C@@H](C)O)C(=O)N=[N+]=[N-]. The van der Waals surface area contributed by atoms with Crippen molar-refractivity contribution in [3.8, 4) is 0 Å². The van der Waals surface area contributed by atoms with Crippen LogP contribution in [0.2, 0.25) is 0 Å². The van der Waals surface area contributed by atoms with Crippen LogP contribution >= 0.6 is 0 Å². The van der Waals surface area contributed by atoms with Gasteiger partial charge in [0.1, 0.15) is 23.7 Å². The minimum absolute atomic E-state index is 0.0878. The first-order valence-corrected chi connectivity index (χ1v) is 15.8. The van der Waals surface area contributed by atoms with Crippen molar-refractivity contribution >= 4 is 46.4 Å². The van der Waals surface area contributed by atoms with Crippen LogP contribution < -0.4 is 27.0 Å². The molecule has 8 N–H and O–H groups in total. The number of hydrogen-bond acceptors (Lipinski definition) is 9. The molecule has 0 spiro atoms. The number of aliphatic hydroxyl groups is 1. The fraction of sp³-hybridized carbons (Fsp3) is 0.562. The smallest absolute Gasteiger partial charge is 0.308 e. The number of hydrogen-bond donors (Lipinski definition) is 7. The molecule has 0 unspecified atom stereocenters. The number of benzene rings is 1. The van der Waals surface area contributed by atoms with Gasteiger partial charge < -0.3 is 41.8 Å². The lowest BCUT2D eigenvalue weighted by molar-refractivity contribution is -0.156. The molecule has 0 aliphatic heterocycles. The molecule has 268 valence electrons. The van der Waals surface area contributed by atoms with Crippen molar-refractivity contribution in [1.82, 2.24) is 26.3 Å². The molecule has 1 heterocycles. The molecule has 0 bridgehead atoms. The highest BCUT2D eigenvalue weighted by atomic mass is 16.6. The lowest BCUT2D eigenvalue weighted by Gasteiger charge is -2.27. The summed E-state index contributed by atoms with van der Waals surface area (Å²) in [5.41, 5.74) is 15.6. The normalized spacial score (nSPS) is 15.1. The number of nitrogens with one attached hydrogen (secondary N) is 5. The van der Waals surface area contributed by atoms with Gasteiger partial charge in [-0.05, 0) is 75.7 Å². The lowest BCUT2D eigenvalue weighted by atomic mass is 10.0.